The Kier molecular flexibility index (Phi) is 5.89. The largest absolute Gasteiger partial charge is 0.494 e. The molecule has 6 nitrogen and oxygen atoms in total. The molecule has 0 radical (unpaired) electrons. The van der Waals surface area contributed by atoms with E-state index < -0.39 is 0 Å². The molecular weight excluding hydrogens is 402 g/mol. The molecule has 0 spiro atoms. The molecule has 1 aromatic heterocycles. The number of aryl methyl sites for hydroxylation is 3. The number of hydrogen-bond donors (Lipinski definition) is 2. The van der Waals surface area contributed by atoms with E-state index in [-0.39, 0.29) is 11.8 Å². The van der Waals surface area contributed by atoms with Gasteiger partial charge in [-0.05, 0) is 70.1 Å². The third kappa shape index (κ3) is 4.06. The predicted octanol–water partition coefficient (Wildman–Crippen LogP) is 4.63. The van der Waals surface area contributed by atoms with Gasteiger partial charge in [0.05, 0.1) is 29.1 Å². The summed E-state index contributed by atoms with van der Waals surface area (Å²) in [6, 6.07) is 11.7. The minimum atomic E-state index is -0.346. The number of hydrogen-bond acceptors (Lipinski definition) is 4. The zero-order chi connectivity index (χ0) is 23.0. The number of aromatic hydroxyl groups is 1. The summed E-state index contributed by atoms with van der Waals surface area (Å²) >= 11 is 0. The molecule has 2 N–H and O–H groups in total. The predicted molar refractivity (Wildman–Crippen MR) is 127 cm³/mol. The molecule has 0 fully saturated rings. The van der Waals surface area contributed by atoms with Crippen molar-refractivity contribution in [2.45, 2.75) is 27.2 Å². The molecule has 3 aromatic rings. The van der Waals surface area contributed by atoms with E-state index >= 15 is 0 Å². The average Bonchev–Trinajstić information content (AvgIpc) is 3.25. The summed E-state index contributed by atoms with van der Waals surface area (Å²) in [4.78, 5) is 22.3. The Balaban J connectivity index is 1.67. The zero-order valence-corrected chi connectivity index (χ0v) is 19.2. The number of amides is 1. The van der Waals surface area contributed by atoms with Gasteiger partial charge in [0.25, 0.3) is 5.91 Å². The van der Waals surface area contributed by atoms with Crippen molar-refractivity contribution >= 4 is 11.6 Å². The Morgan fingerprint density at radius 1 is 1.00 bits per heavy atom. The molecule has 0 bridgehead atoms. The lowest BCUT2D eigenvalue weighted by Gasteiger charge is -2.15. The number of rotatable bonds is 7. The number of H-pyrrole nitrogens is 1. The number of nitrogens with one attached hydrogen (secondary N) is 1. The summed E-state index contributed by atoms with van der Waals surface area (Å²) < 4.78 is 6.04. The monoisotopic (exact) mass is 431 g/mol. The number of ether oxygens (including phenoxy) is 1. The molecule has 0 saturated carbocycles. The molecular formula is C26H29N3O3. The maximum atomic E-state index is 12.8. The summed E-state index contributed by atoms with van der Waals surface area (Å²) in [5.41, 5.74) is 6.68. The molecule has 1 amide bonds. The average molecular weight is 432 g/mol. The Bertz CT molecular complexity index is 1180. The fourth-order valence-corrected chi connectivity index (χ4v) is 4.16. The third-order valence-corrected chi connectivity index (χ3v) is 5.71. The highest BCUT2D eigenvalue weighted by molar-refractivity contribution is 6.30. The van der Waals surface area contributed by atoms with Gasteiger partial charge in [-0.15, -0.1) is 0 Å². The lowest BCUT2D eigenvalue weighted by atomic mass is 9.97. The first kappa shape index (κ1) is 21.8. The third-order valence-electron chi connectivity index (χ3n) is 5.71. The van der Waals surface area contributed by atoms with Crippen LogP contribution in [0.15, 0.2) is 41.4 Å². The number of carbonyl (C=O) groups excluding carboxylic acids is 1. The lowest BCUT2D eigenvalue weighted by molar-refractivity contribution is 0.101. The first-order valence-electron chi connectivity index (χ1n) is 10.8. The van der Waals surface area contributed by atoms with Crippen molar-refractivity contribution in [3.8, 4) is 22.9 Å². The topological polar surface area (TPSA) is 77.9 Å². The number of aromatic amines is 1. The van der Waals surface area contributed by atoms with Crippen molar-refractivity contribution in [3.05, 3.63) is 69.8 Å². The summed E-state index contributed by atoms with van der Waals surface area (Å²) in [5.74, 6) is 0.476. The normalized spacial score (nSPS) is 12.9. The van der Waals surface area contributed by atoms with Gasteiger partial charge in [-0.3, -0.25) is 4.79 Å². The molecule has 2 heterocycles. The molecule has 0 unspecified atom stereocenters. The lowest BCUT2D eigenvalue weighted by Crippen LogP contribution is -2.15. The van der Waals surface area contributed by atoms with E-state index in [9.17, 15) is 9.90 Å². The maximum absolute atomic E-state index is 12.8. The highest BCUT2D eigenvalue weighted by atomic mass is 16.5. The molecule has 0 atom stereocenters. The van der Waals surface area contributed by atoms with Crippen LogP contribution in [0.2, 0.25) is 0 Å². The minimum Gasteiger partial charge on any atom is -0.494 e. The molecule has 1 aliphatic rings. The number of carbonyl (C=O) groups is 1. The van der Waals surface area contributed by atoms with Gasteiger partial charge in [0.1, 0.15) is 5.75 Å². The van der Waals surface area contributed by atoms with E-state index in [1.807, 2.05) is 71.3 Å². The van der Waals surface area contributed by atoms with Crippen molar-refractivity contribution in [1.29, 1.82) is 0 Å². The number of benzene rings is 2. The minimum absolute atomic E-state index is 0.0421. The molecule has 4 rings (SSSR count). The Labute approximate surface area is 188 Å². The summed E-state index contributed by atoms with van der Waals surface area (Å²) in [7, 11) is 4.09. The van der Waals surface area contributed by atoms with Crippen LogP contribution in [0.1, 0.15) is 44.6 Å². The van der Waals surface area contributed by atoms with Crippen molar-refractivity contribution < 1.29 is 14.6 Å². The first-order valence-corrected chi connectivity index (χ1v) is 10.8. The van der Waals surface area contributed by atoms with Gasteiger partial charge in [-0.2, -0.15) is 0 Å². The van der Waals surface area contributed by atoms with E-state index in [1.54, 1.807) is 0 Å². The molecule has 0 aliphatic carbocycles. The smallest absolute Gasteiger partial charge is 0.280 e. The highest BCUT2D eigenvalue weighted by Gasteiger charge is 2.33. The van der Waals surface area contributed by atoms with Crippen molar-refractivity contribution in [3.63, 3.8) is 0 Å². The standard InChI is InChI=1S/C26H29N3O3/c1-15-7-9-18(10-8-15)22-20-21(26(31)27-22)23(28-25(20)30)19-13-16(2)24(17(3)14-19)32-12-6-11-29(4)5/h7-10,13-14,28,30H,6,11-12H2,1-5H3. The fraction of sp³-hybridized carbons (Fsp3) is 0.308. The van der Waals surface area contributed by atoms with Gasteiger partial charge in [0.2, 0.25) is 0 Å². The van der Waals surface area contributed by atoms with E-state index in [0.717, 1.165) is 46.5 Å². The summed E-state index contributed by atoms with van der Waals surface area (Å²) in [5, 5.41) is 10.7. The highest BCUT2D eigenvalue weighted by Crippen LogP contribution is 2.39. The molecule has 2 aromatic carbocycles. The van der Waals surface area contributed by atoms with E-state index in [0.29, 0.717) is 29.1 Å². The Hall–Kier alpha value is -3.38. The van der Waals surface area contributed by atoms with E-state index in [1.165, 1.54) is 0 Å². The van der Waals surface area contributed by atoms with Crippen LogP contribution >= 0.6 is 0 Å². The van der Waals surface area contributed by atoms with Gasteiger partial charge in [-0.1, -0.05) is 29.8 Å². The van der Waals surface area contributed by atoms with E-state index in [4.69, 9.17) is 4.74 Å². The second-order valence-corrected chi connectivity index (χ2v) is 8.67. The van der Waals surface area contributed by atoms with Gasteiger partial charge >= 0.3 is 0 Å². The Morgan fingerprint density at radius 2 is 1.66 bits per heavy atom. The Morgan fingerprint density at radius 3 is 2.28 bits per heavy atom. The summed E-state index contributed by atoms with van der Waals surface area (Å²) in [6.45, 7) is 7.61. The molecule has 1 aliphatic heterocycles. The zero-order valence-electron chi connectivity index (χ0n) is 19.2. The van der Waals surface area contributed by atoms with Crippen molar-refractivity contribution in [2.24, 2.45) is 4.99 Å². The van der Waals surface area contributed by atoms with Crippen LogP contribution in [-0.4, -0.2) is 53.9 Å². The van der Waals surface area contributed by atoms with Gasteiger partial charge in [0.15, 0.2) is 5.88 Å². The van der Waals surface area contributed by atoms with E-state index in [2.05, 4.69) is 14.9 Å². The van der Waals surface area contributed by atoms with Crippen LogP contribution in [0, 0.1) is 20.8 Å². The molecule has 166 valence electrons. The van der Waals surface area contributed by atoms with Gasteiger partial charge in [-0.25, -0.2) is 4.99 Å². The van der Waals surface area contributed by atoms with Crippen LogP contribution in [-0.2, 0) is 0 Å². The van der Waals surface area contributed by atoms with Crippen LogP contribution in [0.4, 0.5) is 0 Å². The van der Waals surface area contributed by atoms with Crippen LogP contribution in [0.5, 0.6) is 11.6 Å². The maximum Gasteiger partial charge on any atom is 0.280 e. The number of aromatic nitrogens is 1. The molecule has 6 heteroatoms. The number of fused-ring (bicyclic) bond motifs is 1. The van der Waals surface area contributed by atoms with Gasteiger partial charge < -0.3 is 19.7 Å². The second-order valence-electron chi connectivity index (χ2n) is 8.67. The second kappa shape index (κ2) is 8.63. The van der Waals surface area contributed by atoms with Crippen molar-refractivity contribution in [1.82, 2.24) is 9.88 Å². The van der Waals surface area contributed by atoms with Gasteiger partial charge in [0, 0.05) is 12.1 Å². The first-order chi connectivity index (χ1) is 15.3. The molecule has 32 heavy (non-hydrogen) atoms. The fourth-order valence-electron chi connectivity index (χ4n) is 4.16. The van der Waals surface area contributed by atoms with Crippen molar-refractivity contribution in [2.75, 3.05) is 27.2 Å². The van der Waals surface area contributed by atoms with Crippen LogP contribution in [0.25, 0.3) is 11.3 Å². The quantitative estimate of drug-likeness (QED) is 0.535. The number of nitrogens with zero attached hydrogens (tertiary/aromatic N) is 2. The van der Waals surface area contributed by atoms with Crippen LogP contribution in [0.3, 0.4) is 0 Å². The van der Waals surface area contributed by atoms with Crippen LogP contribution < -0.4 is 4.74 Å². The molecule has 0 saturated heterocycles. The summed E-state index contributed by atoms with van der Waals surface area (Å²) in [6.07, 6.45) is 0.944. The number of aliphatic imine (C=N–C) groups is 1. The SMILES string of the molecule is Cc1ccc(C2=NC(=O)c3c(-c4cc(C)c(OCCCN(C)C)c(C)c4)[nH]c(O)c32)cc1.